The topological polar surface area (TPSA) is 64.7 Å². The highest BCUT2D eigenvalue weighted by atomic mass is 32.1. The molecule has 0 fully saturated rings. The van der Waals surface area contributed by atoms with E-state index >= 15 is 0 Å². The first-order valence-corrected chi connectivity index (χ1v) is 16.9. The number of thiophene rings is 1. The van der Waals surface area contributed by atoms with Crippen molar-refractivity contribution in [3.05, 3.63) is 133 Å². The maximum atomic E-state index is 6.47. The summed E-state index contributed by atoms with van der Waals surface area (Å²) in [4.78, 5) is 20.3. The Labute approximate surface area is 276 Å². The predicted octanol–water partition coefficient (Wildman–Crippen LogP) is 11.4. The number of furan rings is 1. The SMILES string of the molecule is c1ccc(-c2nc(-c3ccc4sc5ccccc5c4c3)nc(-c3cccc4oc5cccc(-c6nc7ccccc7s6)c5c34)n2)cc1. The van der Waals surface area contributed by atoms with Crippen LogP contribution in [-0.2, 0) is 0 Å². The third-order valence-corrected chi connectivity index (χ3v) is 10.8. The van der Waals surface area contributed by atoms with E-state index in [1.807, 2.05) is 60.7 Å². The highest BCUT2D eigenvalue weighted by Gasteiger charge is 2.21. The summed E-state index contributed by atoms with van der Waals surface area (Å²) in [5.41, 5.74) is 6.36. The van der Waals surface area contributed by atoms with Crippen molar-refractivity contribution >= 4 is 75.0 Å². The number of aromatic nitrogens is 4. The van der Waals surface area contributed by atoms with Gasteiger partial charge >= 0.3 is 0 Å². The molecule has 10 aromatic rings. The molecule has 0 bridgehead atoms. The van der Waals surface area contributed by atoms with Crippen LogP contribution in [0.4, 0.5) is 0 Å². The second kappa shape index (κ2) is 10.4. The summed E-state index contributed by atoms with van der Waals surface area (Å²) in [5, 5.41) is 5.37. The number of nitrogens with zero attached hydrogens (tertiary/aromatic N) is 4. The van der Waals surface area contributed by atoms with Gasteiger partial charge in [0.05, 0.1) is 10.2 Å². The van der Waals surface area contributed by atoms with Gasteiger partial charge in [-0.25, -0.2) is 19.9 Å². The lowest BCUT2D eigenvalue weighted by atomic mass is 10.0. The predicted molar refractivity (Wildman–Crippen MR) is 195 cm³/mol. The number of para-hydroxylation sites is 1. The number of rotatable bonds is 4. The minimum absolute atomic E-state index is 0.594. The summed E-state index contributed by atoms with van der Waals surface area (Å²) in [6, 6.07) is 45.7. The Balaban J connectivity index is 1.23. The average molecular weight is 639 g/mol. The van der Waals surface area contributed by atoms with Crippen LogP contribution < -0.4 is 0 Å². The number of hydrogen-bond donors (Lipinski definition) is 0. The Morgan fingerprint density at radius 1 is 0.426 bits per heavy atom. The lowest BCUT2D eigenvalue weighted by molar-refractivity contribution is 0.669. The minimum Gasteiger partial charge on any atom is -0.456 e. The van der Waals surface area contributed by atoms with Gasteiger partial charge in [-0.3, -0.25) is 0 Å². The van der Waals surface area contributed by atoms with E-state index in [2.05, 4.69) is 72.8 Å². The Morgan fingerprint density at radius 2 is 1.09 bits per heavy atom. The van der Waals surface area contributed by atoms with Gasteiger partial charge in [-0.05, 0) is 48.5 Å². The van der Waals surface area contributed by atoms with Gasteiger partial charge in [0.25, 0.3) is 0 Å². The quantitative estimate of drug-likeness (QED) is 0.192. The second-order valence-electron chi connectivity index (χ2n) is 11.4. The van der Waals surface area contributed by atoms with Crippen LogP contribution in [-0.4, -0.2) is 19.9 Å². The highest BCUT2D eigenvalue weighted by molar-refractivity contribution is 7.25. The van der Waals surface area contributed by atoms with Crippen molar-refractivity contribution in [2.75, 3.05) is 0 Å². The normalized spacial score (nSPS) is 11.8. The third-order valence-electron chi connectivity index (χ3n) is 8.59. The molecule has 0 spiro atoms. The van der Waals surface area contributed by atoms with Crippen molar-refractivity contribution < 1.29 is 4.42 Å². The number of thiazole rings is 1. The Morgan fingerprint density at radius 3 is 1.91 bits per heavy atom. The van der Waals surface area contributed by atoms with Crippen LogP contribution in [0.2, 0.25) is 0 Å². The van der Waals surface area contributed by atoms with Crippen LogP contribution in [0.25, 0.3) is 97.1 Å². The molecule has 0 N–H and O–H groups in total. The highest BCUT2D eigenvalue weighted by Crippen LogP contribution is 2.43. The molecule has 220 valence electrons. The minimum atomic E-state index is 0.594. The van der Waals surface area contributed by atoms with Crippen molar-refractivity contribution in [2.45, 2.75) is 0 Å². The molecule has 6 aromatic carbocycles. The van der Waals surface area contributed by atoms with Gasteiger partial charge in [-0.2, -0.15) is 0 Å². The van der Waals surface area contributed by atoms with E-state index in [1.165, 1.54) is 20.2 Å². The van der Waals surface area contributed by atoms with Gasteiger partial charge in [0.2, 0.25) is 0 Å². The standard InChI is InChI=1S/C40H22N4OS2/c1-2-10-23(11-3-1)37-42-38(24-20-21-33-28(22-24)25-12-4-6-18-32(25)46-33)44-39(43-37)26-13-8-16-30-35(26)36-27(14-9-17-31(36)45-30)40-41-29-15-5-7-19-34(29)47-40/h1-22H. The van der Waals surface area contributed by atoms with Crippen LogP contribution in [0.1, 0.15) is 0 Å². The van der Waals surface area contributed by atoms with Crippen molar-refractivity contribution in [1.82, 2.24) is 19.9 Å². The van der Waals surface area contributed by atoms with Gasteiger partial charge in [0.15, 0.2) is 17.5 Å². The van der Waals surface area contributed by atoms with E-state index in [0.717, 1.165) is 59.4 Å². The van der Waals surface area contributed by atoms with Crippen LogP contribution >= 0.6 is 22.7 Å². The summed E-state index contributed by atoms with van der Waals surface area (Å²) in [6.07, 6.45) is 0. The van der Waals surface area contributed by atoms with E-state index in [1.54, 1.807) is 22.7 Å². The van der Waals surface area contributed by atoms with Gasteiger partial charge in [0, 0.05) is 53.2 Å². The molecule has 0 aliphatic carbocycles. The number of hydrogen-bond acceptors (Lipinski definition) is 7. The zero-order valence-corrected chi connectivity index (χ0v) is 26.3. The average Bonchev–Trinajstić information content (AvgIpc) is 3.84. The fraction of sp³-hybridized carbons (Fsp3) is 0. The molecule has 4 aromatic heterocycles. The first kappa shape index (κ1) is 26.5. The molecular formula is C40H22N4OS2. The molecule has 0 atom stereocenters. The van der Waals surface area contributed by atoms with Gasteiger partial charge in [-0.1, -0.05) is 84.9 Å². The second-order valence-corrected chi connectivity index (χ2v) is 13.5. The van der Waals surface area contributed by atoms with E-state index in [0.29, 0.717) is 17.5 Å². The molecule has 0 radical (unpaired) electrons. The zero-order valence-electron chi connectivity index (χ0n) is 24.7. The van der Waals surface area contributed by atoms with E-state index < -0.39 is 0 Å². The lowest BCUT2D eigenvalue weighted by Crippen LogP contribution is -2.00. The molecular weight excluding hydrogens is 617 g/mol. The summed E-state index contributed by atoms with van der Waals surface area (Å²) in [5.74, 6) is 1.84. The summed E-state index contributed by atoms with van der Waals surface area (Å²) < 4.78 is 10.1. The molecule has 0 saturated carbocycles. The zero-order chi connectivity index (χ0) is 30.9. The number of fused-ring (bicyclic) bond motifs is 7. The fourth-order valence-electron chi connectivity index (χ4n) is 6.43. The first-order valence-electron chi connectivity index (χ1n) is 15.3. The Kier molecular flexibility index (Phi) is 5.85. The molecule has 0 saturated heterocycles. The van der Waals surface area contributed by atoms with E-state index in [-0.39, 0.29) is 0 Å². The van der Waals surface area contributed by atoms with Crippen molar-refractivity contribution in [1.29, 1.82) is 0 Å². The molecule has 7 heteroatoms. The van der Waals surface area contributed by atoms with Crippen molar-refractivity contribution in [2.24, 2.45) is 0 Å². The summed E-state index contributed by atoms with van der Waals surface area (Å²) >= 11 is 3.49. The van der Waals surface area contributed by atoms with Crippen LogP contribution in [0.5, 0.6) is 0 Å². The van der Waals surface area contributed by atoms with Crippen LogP contribution in [0, 0.1) is 0 Å². The van der Waals surface area contributed by atoms with Gasteiger partial charge < -0.3 is 4.42 Å². The van der Waals surface area contributed by atoms with E-state index in [4.69, 9.17) is 24.4 Å². The molecule has 47 heavy (non-hydrogen) atoms. The third kappa shape index (κ3) is 4.28. The van der Waals surface area contributed by atoms with Gasteiger partial charge in [-0.15, -0.1) is 22.7 Å². The summed E-state index contributed by atoms with van der Waals surface area (Å²) in [7, 11) is 0. The van der Waals surface area contributed by atoms with Crippen LogP contribution in [0.15, 0.2) is 138 Å². The maximum absolute atomic E-state index is 6.47. The van der Waals surface area contributed by atoms with Gasteiger partial charge in [0.1, 0.15) is 16.2 Å². The maximum Gasteiger partial charge on any atom is 0.164 e. The Hall–Kier alpha value is -5.76. The molecule has 0 aliphatic rings. The van der Waals surface area contributed by atoms with E-state index in [9.17, 15) is 0 Å². The molecule has 5 nitrogen and oxygen atoms in total. The molecule has 0 unspecified atom stereocenters. The molecule has 0 aliphatic heterocycles. The molecule has 10 rings (SSSR count). The summed E-state index contributed by atoms with van der Waals surface area (Å²) in [6.45, 7) is 0. The van der Waals surface area contributed by atoms with Crippen molar-refractivity contribution in [3.8, 4) is 44.7 Å². The molecule has 4 heterocycles. The largest absolute Gasteiger partial charge is 0.456 e. The fourth-order valence-corrected chi connectivity index (χ4v) is 8.51. The monoisotopic (exact) mass is 638 g/mol. The van der Waals surface area contributed by atoms with Crippen LogP contribution in [0.3, 0.4) is 0 Å². The smallest absolute Gasteiger partial charge is 0.164 e. The van der Waals surface area contributed by atoms with Crippen molar-refractivity contribution in [3.63, 3.8) is 0 Å². The molecule has 0 amide bonds. The Bertz CT molecular complexity index is 2780. The lowest BCUT2D eigenvalue weighted by Gasteiger charge is -2.10. The first-order chi connectivity index (χ1) is 23.3. The number of benzene rings is 6.